The van der Waals surface area contributed by atoms with E-state index >= 15 is 0 Å². The Morgan fingerprint density at radius 1 is 1.03 bits per heavy atom. The normalized spacial score (nSPS) is 16.8. The Hall–Kier alpha value is -4.01. The second kappa shape index (κ2) is 9.46. The SMILES string of the molecule is CCc1cc2c(cc1N=O)OCC(c1cc(OC)c(N=O)c(OC)c1)C2c1ccc(O)c(F)c1. The summed E-state index contributed by atoms with van der Waals surface area (Å²) >= 11 is 0. The Labute approximate surface area is 195 Å². The van der Waals surface area contributed by atoms with E-state index in [0.29, 0.717) is 23.4 Å². The van der Waals surface area contributed by atoms with Gasteiger partial charge < -0.3 is 19.3 Å². The van der Waals surface area contributed by atoms with Crippen molar-refractivity contribution in [1.82, 2.24) is 0 Å². The van der Waals surface area contributed by atoms with Crippen LogP contribution in [0.3, 0.4) is 0 Å². The molecule has 4 rings (SSSR count). The Morgan fingerprint density at radius 3 is 2.29 bits per heavy atom. The molecule has 0 radical (unpaired) electrons. The molecule has 3 aromatic rings. The second-order valence-electron chi connectivity index (χ2n) is 7.93. The highest BCUT2D eigenvalue weighted by Gasteiger charge is 2.36. The number of phenolic OH excluding ortho intramolecular Hbond substituents is 1. The quantitative estimate of drug-likeness (QED) is 0.415. The van der Waals surface area contributed by atoms with Crippen molar-refractivity contribution in [3.8, 4) is 23.0 Å². The predicted molar refractivity (Wildman–Crippen MR) is 124 cm³/mol. The molecular weight excluding hydrogens is 443 g/mol. The number of fused-ring (bicyclic) bond motifs is 1. The fourth-order valence-corrected chi connectivity index (χ4v) is 4.50. The molecule has 3 aromatic carbocycles. The molecule has 8 nitrogen and oxygen atoms in total. The first-order valence-electron chi connectivity index (χ1n) is 10.7. The zero-order valence-electron chi connectivity index (χ0n) is 18.9. The van der Waals surface area contributed by atoms with Crippen molar-refractivity contribution in [3.63, 3.8) is 0 Å². The van der Waals surface area contributed by atoms with E-state index in [4.69, 9.17) is 14.2 Å². The second-order valence-corrected chi connectivity index (χ2v) is 7.93. The van der Waals surface area contributed by atoms with Crippen molar-refractivity contribution < 1.29 is 23.7 Å². The number of benzene rings is 3. The molecule has 1 aliphatic rings. The fraction of sp³-hybridized carbons (Fsp3) is 0.280. The van der Waals surface area contributed by atoms with E-state index in [-0.39, 0.29) is 29.7 Å². The zero-order valence-corrected chi connectivity index (χ0v) is 18.9. The number of aromatic hydroxyl groups is 1. The predicted octanol–water partition coefficient (Wildman–Crippen LogP) is 6.21. The summed E-state index contributed by atoms with van der Waals surface area (Å²) < 4.78 is 31.2. The maximum absolute atomic E-state index is 14.4. The van der Waals surface area contributed by atoms with Crippen LogP contribution in [0.5, 0.6) is 23.0 Å². The van der Waals surface area contributed by atoms with E-state index < -0.39 is 17.5 Å². The van der Waals surface area contributed by atoms with E-state index in [1.807, 2.05) is 13.0 Å². The van der Waals surface area contributed by atoms with Crippen molar-refractivity contribution in [3.05, 3.63) is 80.3 Å². The van der Waals surface area contributed by atoms with Gasteiger partial charge in [-0.1, -0.05) is 13.0 Å². The highest BCUT2D eigenvalue weighted by atomic mass is 19.1. The minimum Gasteiger partial charge on any atom is -0.505 e. The van der Waals surface area contributed by atoms with Crippen molar-refractivity contribution in [2.24, 2.45) is 10.4 Å². The number of hydrogen-bond acceptors (Lipinski definition) is 8. The molecule has 0 saturated carbocycles. The van der Waals surface area contributed by atoms with Gasteiger partial charge in [0.15, 0.2) is 28.8 Å². The van der Waals surface area contributed by atoms with Gasteiger partial charge in [0.1, 0.15) is 11.4 Å². The van der Waals surface area contributed by atoms with Crippen molar-refractivity contribution in [2.75, 3.05) is 20.8 Å². The highest BCUT2D eigenvalue weighted by Crippen LogP contribution is 2.50. The first kappa shape index (κ1) is 23.2. The zero-order chi connectivity index (χ0) is 24.4. The number of nitrogens with zero attached hydrogens (tertiary/aromatic N) is 2. The number of halogens is 1. The van der Waals surface area contributed by atoms with Gasteiger partial charge in [-0.05, 0) is 63.8 Å². The molecule has 9 heteroatoms. The summed E-state index contributed by atoms with van der Waals surface area (Å²) in [4.78, 5) is 22.7. The minimum atomic E-state index is -0.748. The molecule has 0 aromatic heterocycles. The molecule has 0 spiro atoms. The number of ether oxygens (including phenoxy) is 3. The summed E-state index contributed by atoms with van der Waals surface area (Å²) in [6.07, 6.45) is 0.566. The largest absolute Gasteiger partial charge is 0.505 e. The Morgan fingerprint density at radius 2 is 1.74 bits per heavy atom. The van der Waals surface area contributed by atoms with Crippen molar-refractivity contribution in [1.29, 1.82) is 0 Å². The molecule has 0 saturated heterocycles. The lowest BCUT2D eigenvalue weighted by Gasteiger charge is -2.35. The van der Waals surface area contributed by atoms with Gasteiger partial charge in [0, 0.05) is 23.5 Å². The van der Waals surface area contributed by atoms with Crippen LogP contribution in [0.25, 0.3) is 0 Å². The average molecular weight is 466 g/mol. The molecule has 1 heterocycles. The van der Waals surface area contributed by atoms with Crippen molar-refractivity contribution in [2.45, 2.75) is 25.2 Å². The summed E-state index contributed by atoms with van der Waals surface area (Å²) in [6.45, 7) is 2.10. The molecule has 1 N–H and O–H groups in total. The summed E-state index contributed by atoms with van der Waals surface area (Å²) in [5.74, 6) is -1.00. The number of hydrogen-bond donors (Lipinski definition) is 1. The number of rotatable bonds is 7. The lowest BCUT2D eigenvalue weighted by Crippen LogP contribution is -2.25. The smallest absolute Gasteiger partial charge is 0.191 e. The van der Waals surface area contributed by atoms with E-state index in [0.717, 1.165) is 16.7 Å². The summed E-state index contributed by atoms with van der Waals surface area (Å²) in [5, 5.41) is 15.9. The van der Waals surface area contributed by atoms with E-state index in [9.17, 15) is 19.3 Å². The van der Waals surface area contributed by atoms with Gasteiger partial charge in [-0.25, -0.2) is 4.39 Å². The molecular formula is C25H23FN2O6. The average Bonchev–Trinajstić information content (AvgIpc) is 2.87. The van der Waals surface area contributed by atoms with Gasteiger partial charge in [-0.2, -0.15) is 0 Å². The first-order valence-corrected chi connectivity index (χ1v) is 10.7. The third-order valence-electron chi connectivity index (χ3n) is 6.20. The standard InChI is InChI=1S/C25H23FN2O6/c1-4-13-7-16-21(11-19(13)27-30)34-12-17(24(16)14-5-6-20(29)18(26)8-14)15-9-22(32-2)25(28-31)23(10-15)33-3/h5-11,17,24,29H,4,12H2,1-3H3. The maximum atomic E-state index is 14.4. The summed E-state index contributed by atoms with van der Waals surface area (Å²) in [6, 6.07) is 11.1. The van der Waals surface area contributed by atoms with Gasteiger partial charge >= 0.3 is 0 Å². The van der Waals surface area contributed by atoms with Crippen LogP contribution < -0.4 is 14.2 Å². The maximum Gasteiger partial charge on any atom is 0.191 e. The van der Waals surface area contributed by atoms with Gasteiger partial charge in [-0.3, -0.25) is 0 Å². The molecule has 0 amide bonds. The lowest BCUT2D eigenvalue weighted by molar-refractivity contribution is 0.248. The lowest BCUT2D eigenvalue weighted by atomic mass is 9.75. The molecule has 2 unspecified atom stereocenters. The van der Waals surface area contributed by atoms with Crippen molar-refractivity contribution >= 4 is 11.4 Å². The highest BCUT2D eigenvalue weighted by molar-refractivity contribution is 5.65. The third kappa shape index (κ3) is 3.93. The molecule has 1 aliphatic heterocycles. The van der Waals surface area contributed by atoms with Crippen LogP contribution in [-0.4, -0.2) is 25.9 Å². The molecule has 34 heavy (non-hydrogen) atoms. The van der Waals surface area contributed by atoms with Crippen LogP contribution in [0, 0.1) is 15.6 Å². The topological polar surface area (TPSA) is 107 Å². The van der Waals surface area contributed by atoms with Crippen LogP contribution >= 0.6 is 0 Å². The first-order chi connectivity index (χ1) is 16.4. The fourth-order valence-electron chi connectivity index (χ4n) is 4.50. The van der Waals surface area contributed by atoms with Crippen LogP contribution in [0.1, 0.15) is 41.0 Å². The third-order valence-corrected chi connectivity index (χ3v) is 6.20. The summed E-state index contributed by atoms with van der Waals surface area (Å²) in [5.41, 5.74) is 3.14. The Kier molecular flexibility index (Phi) is 6.45. The minimum absolute atomic E-state index is 0.0353. The number of nitroso groups, excluding NO2 is 2. The monoisotopic (exact) mass is 466 g/mol. The van der Waals surface area contributed by atoms with Crippen LogP contribution in [0.15, 0.2) is 52.8 Å². The van der Waals surface area contributed by atoms with E-state index in [2.05, 4.69) is 10.4 Å². The van der Waals surface area contributed by atoms with Crippen LogP contribution in [0.2, 0.25) is 0 Å². The number of phenols is 1. The molecule has 0 aliphatic carbocycles. The molecule has 176 valence electrons. The summed E-state index contributed by atoms with van der Waals surface area (Å²) in [7, 11) is 2.85. The Balaban J connectivity index is 1.95. The van der Waals surface area contributed by atoms with Crippen LogP contribution in [0.4, 0.5) is 15.8 Å². The van der Waals surface area contributed by atoms with Crippen LogP contribution in [-0.2, 0) is 6.42 Å². The van der Waals surface area contributed by atoms with E-state index in [1.165, 1.54) is 26.4 Å². The van der Waals surface area contributed by atoms with E-state index in [1.54, 1.807) is 24.3 Å². The number of aryl methyl sites for hydroxylation is 1. The van der Waals surface area contributed by atoms with Gasteiger partial charge in [0.2, 0.25) is 0 Å². The molecule has 2 atom stereocenters. The Bertz CT molecular complexity index is 1240. The van der Waals surface area contributed by atoms with Gasteiger partial charge in [0.25, 0.3) is 0 Å². The molecule has 0 fully saturated rings. The number of methoxy groups -OCH3 is 2. The van der Waals surface area contributed by atoms with Gasteiger partial charge in [0.05, 0.1) is 20.8 Å². The molecule has 0 bridgehead atoms. The van der Waals surface area contributed by atoms with Gasteiger partial charge in [-0.15, -0.1) is 9.81 Å².